The van der Waals surface area contributed by atoms with Gasteiger partial charge in [0.05, 0.1) is 22.3 Å². The highest BCUT2D eigenvalue weighted by atomic mass is 79.9. The number of nitrogens with one attached hydrogen (secondary N) is 2. The van der Waals surface area contributed by atoms with Crippen LogP contribution in [-0.2, 0) is 10.0 Å². The van der Waals surface area contributed by atoms with Crippen LogP contribution in [0.4, 0.5) is 0 Å². The van der Waals surface area contributed by atoms with E-state index >= 15 is 0 Å². The summed E-state index contributed by atoms with van der Waals surface area (Å²) in [6.45, 7) is 3.77. The van der Waals surface area contributed by atoms with Crippen LogP contribution in [0.25, 0.3) is 39.1 Å². The SMILES string of the molecule is CCC(C)NS(=O)(=O)c1ccc2c(c1)[nH]c1nn3cc(-c4ccc(Br)cc4)nc3nc12. The van der Waals surface area contributed by atoms with E-state index in [4.69, 9.17) is 0 Å². The van der Waals surface area contributed by atoms with Gasteiger partial charge in [-0.2, -0.15) is 0 Å². The first-order valence-corrected chi connectivity index (χ1v) is 12.1. The molecule has 0 aliphatic carbocycles. The third-order valence-electron chi connectivity index (χ3n) is 5.23. The van der Waals surface area contributed by atoms with Crippen molar-refractivity contribution in [3.63, 3.8) is 0 Å². The molecule has 0 fully saturated rings. The number of halogens is 1. The first-order valence-electron chi connectivity index (χ1n) is 9.81. The first-order chi connectivity index (χ1) is 14.8. The van der Waals surface area contributed by atoms with Crippen LogP contribution in [0.5, 0.6) is 0 Å². The van der Waals surface area contributed by atoms with E-state index in [1.165, 1.54) is 0 Å². The lowest BCUT2D eigenvalue weighted by Crippen LogP contribution is -2.31. The van der Waals surface area contributed by atoms with Crippen LogP contribution in [0.2, 0.25) is 0 Å². The maximum absolute atomic E-state index is 12.6. The first kappa shape index (κ1) is 20.1. The zero-order valence-corrected chi connectivity index (χ0v) is 19.2. The topological polar surface area (TPSA) is 105 Å². The van der Waals surface area contributed by atoms with Crippen LogP contribution in [-0.4, -0.2) is 39.0 Å². The molecule has 31 heavy (non-hydrogen) atoms. The molecule has 0 amide bonds. The minimum Gasteiger partial charge on any atom is -0.336 e. The number of hydrogen-bond acceptors (Lipinski definition) is 5. The zero-order valence-electron chi connectivity index (χ0n) is 16.8. The number of imidazole rings is 1. The molecule has 8 nitrogen and oxygen atoms in total. The van der Waals surface area contributed by atoms with Crippen molar-refractivity contribution in [2.45, 2.75) is 31.2 Å². The number of hydrogen-bond donors (Lipinski definition) is 2. The normalized spacial score (nSPS) is 13.4. The van der Waals surface area contributed by atoms with Gasteiger partial charge in [0.25, 0.3) is 5.78 Å². The fourth-order valence-electron chi connectivity index (χ4n) is 3.40. The highest BCUT2D eigenvalue weighted by molar-refractivity contribution is 9.10. The van der Waals surface area contributed by atoms with Crippen molar-refractivity contribution in [2.24, 2.45) is 0 Å². The van der Waals surface area contributed by atoms with Crippen LogP contribution in [0.15, 0.2) is 58.0 Å². The number of benzene rings is 2. The molecule has 5 rings (SSSR count). The van der Waals surface area contributed by atoms with Gasteiger partial charge in [-0.3, -0.25) is 0 Å². The Hall–Kier alpha value is -2.82. The van der Waals surface area contributed by atoms with Crippen molar-refractivity contribution >= 4 is 53.8 Å². The molecule has 158 valence electrons. The van der Waals surface area contributed by atoms with Gasteiger partial charge >= 0.3 is 0 Å². The van der Waals surface area contributed by atoms with E-state index in [9.17, 15) is 8.42 Å². The van der Waals surface area contributed by atoms with E-state index in [0.29, 0.717) is 28.9 Å². The van der Waals surface area contributed by atoms with Gasteiger partial charge in [-0.1, -0.05) is 35.0 Å². The van der Waals surface area contributed by atoms with Crippen LogP contribution >= 0.6 is 15.9 Å². The average Bonchev–Trinajstić information content (AvgIpc) is 3.31. The molecule has 2 N–H and O–H groups in total. The van der Waals surface area contributed by atoms with Gasteiger partial charge in [-0.25, -0.2) is 27.6 Å². The smallest absolute Gasteiger partial charge is 0.251 e. The summed E-state index contributed by atoms with van der Waals surface area (Å²) in [6, 6.07) is 12.7. The van der Waals surface area contributed by atoms with Gasteiger partial charge in [0, 0.05) is 21.5 Å². The zero-order chi connectivity index (χ0) is 21.8. The largest absolute Gasteiger partial charge is 0.336 e. The molecule has 0 saturated heterocycles. The summed E-state index contributed by atoms with van der Waals surface area (Å²) in [7, 11) is -3.60. The quantitative estimate of drug-likeness (QED) is 0.376. The van der Waals surface area contributed by atoms with Gasteiger partial charge in [-0.15, -0.1) is 5.10 Å². The van der Waals surface area contributed by atoms with E-state index in [-0.39, 0.29) is 10.9 Å². The van der Waals surface area contributed by atoms with Crippen molar-refractivity contribution in [1.82, 2.24) is 29.3 Å². The Bertz CT molecular complexity index is 1540. The number of fused-ring (bicyclic) bond motifs is 4. The molecular formula is C21H19BrN6O2S. The predicted octanol–water partition coefficient (Wildman–Crippen LogP) is 4.27. The molecule has 3 aromatic heterocycles. The Morgan fingerprint density at radius 3 is 2.68 bits per heavy atom. The average molecular weight is 499 g/mol. The molecule has 0 radical (unpaired) electrons. The molecule has 0 aliphatic rings. The number of aromatic nitrogens is 5. The molecule has 10 heteroatoms. The minimum absolute atomic E-state index is 0.139. The number of nitrogens with zero attached hydrogens (tertiary/aromatic N) is 4. The van der Waals surface area contributed by atoms with Crippen molar-refractivity contribution in [1.29, 1.82) is 0 Å². The van der Waals surface area contributed by atoms with Crippen molar-refractivity contribution in [2.75, 3.05) is 0 Å². The number of rotatable bonds is 5. The highest BCUT2D eigenvalue weighted by Gasteiger charge is 2.19. The van der Waals surface area contributed by atoms with E-state index < -0.39 is 10.0 Å². The summed E-state index contributed by atoms with van der Waals surface area (Å²) in [6.07, 6.45) is 2.53. The van der Waals surface area contributed by atoms with E-state index in [2.05, 4.69) is 40.7 Å². The maximum Gasteiger partial charge on any atom is 0.251 e. The number of sulfonamides is 1. The van der Waals surface area contributed by atoms with E-state index in [1.807, 2.05) is 44.3 Å². The maximum atomic E-state index is 12.6. The molecule has 1 unspecified atom stereocenters. The summed E-state index contributed by atoms with van der Waals surface area (Å²) in [4.78, 5) is 12.7. The Morgan fingerprint density at radius 1 is 1.16 bits per heavy atom. The summed E-state index contributed by atoms with van der Waals surface area (Å²) >= 11 is 3.44. The van der Waals surface area contributed by atoms with Crippen molar-refractivity contribution in [3.05, 3.63) is 53.1 Å². The fraction of sp³-hybridized carbons (Fsp3) is 0.190. The fourth-order valence-corrected chi connectivity index (χ4v) is 5.01. The van der Waals surface area contributed by atoms with Gasteiger partial charge < -0.3 is 4.98 Å². The molecule has 2 aromatic carbocycles. The Kier molecular flexibility index (Phi) is 4.80. The van der Waals surface area contributed by atoms with Crippen molar-refractivity contribution in [3.8, 4) is 11.3 Å². The van der Waals surface area contributed by atoms with Gasteiger partial charge in [0.15, 0.2) is 5.65 Å². The van der Waals surface area contributed by atoms with Gasteiger partial charge in [-0.05, 0) is 43.7 Å². The Morgan fingerprint density at radius 2 is 1.94 bits per heavy atom. The van der Waals surface area contributed by atoms with Crippen LogP contribution in [0.3, 0.4) is 0 Å². The van der Waals surface area contributed by atoms with E-state index in [0.717, 1.165) is 21.1 Å². The number of aromatic amines is 1. The molecule has 0 saturated carbocycles. The van der Waals surface area contributed by atoms with Crippen LogP contribution < -0.4 is 4.72 Å². The summed E-state index contributed by atoms with van der Waals surface area (Å²) in [5.41, 5.74) is 3.60. The molecule has 0 aliphatic heterocycles. The van der Waals surface area contributed by atoms with Crippen LogP contribution in [0, 0.1) is 0 Å². The summed E-state index contributed by atoms with van der Waals surface area (Å²) < 4.78 is 30.6. The molecule has 0 spiro atoms. The summed E-state index contributed by atoms with van der Waals surface area (Å²) in [5.74, 6) is 0.474. The van der Waals surface area contributed by atoms with Gasteiger partial charge in [0.2, 0.25) is 10.0 Å². The standard InChI is InChI=1S/C21H19BrN6O2S/c1-3-12(2)27-31(29,30)15-8-9-16-17(10-15)23-20-19(16)25-21-24-18(11-28(21)26-20)13-4-6-14(22)7-5-13/h4-12,27H,3H2,1-2H3,(H,23,26). The third kappa shape index (κ3) is 3.60. The second-order valence-corrected chi connectivity index (χ2v) is 10.1. The molecule has 1 atom stereocenters. The van der Waals surface area contributed by atoms with Gasteiger partial charge in [0.1, 0.15) is 5.52 Å². The highest BCUT2D eigenvalue weighted by Crippen LogP contribution is 2.27. The van der Waals surface area contributed by atoms with E-state index in [1.54, 1.807) is 22.7 Å². The lowest BCUT2D eigenvalue weighted by atomic mass is 10.2. The minimum atomic E-state index is -3.60. The molecular weight excluding hydrogens is 480 g/mol. The second kappa shape index (κ2) is 7.40. The molecule has 5 aromatic rings. The monoisotopic (exact) mass is 498 g/mol. The van der Waals surface area contributed by atoms with Crippen molar-refractivity contribution < 1.29 is 8.42 Å². The predicted molar refractivity (Wildman–Crippen MR) is 123 cm³/mol. The molecule has 0 bridgehead atoms. The second-order valence-electron chi connectivity index (χ2n) is 7.45. The Labute approximate surface area is 186 Å². The third-order valence-corrected chi connectivity index (χ3v) is 7.35. The lowest BCUT2D eigenvalue weighted by molar-refractivity contribution is 0.556. The summed E-state index contributed by atoms with van der Waals surface area (Å²) in [5, 5.41) is 5.39. The Balaban J connectivity index is 1.59. The molecule has 3 heterocycles. The lowest BCUT2D eigenvalue weighted by Gasteiger charge is -2.11. The van der Waals surface area contributed by atoms with Crippen LogP contribution in [0.1, 0.15) is 20.3 Å². The number of H-pyrrole nitrogens is 1.